The van der Waals surface area contributed by atoms with Crippen LogP contribution in [0.4, 0.5) is 13.2 Å². The Morgan fingerprint density at radius 1 is 1.05 bits per heavy atom. The Balaban J connectivity index is 2.21. The molecule has 0 heterocycles. The lowest BCUT2D eigenvalue weighted by Gasteiger charge is -2.10. The number of halogens is 4. The summed E-state index contributed by atoms with van der Waals surface area (Å²) in [6.07, 6.45) is -4.38. The molecule has 0 aliphatic rings. The van der Waals surface area contributed by atoms with Crippen LogP contribution in [0.3, 0.4) is 0 Å². The third-order valence-corrected chi connectivity index (χ3v) is 4.05. The van der Waals surface area contributed by atoms with E-state index in [0.717, 1.165) is 17.0 Å². The molecule has 20 heavy (non-hydrogen) atoms. The molecule has 0 bridgehead atoms. The lowest BCUT2D eigenvalue weighted by molar-refractivity contribution is -0.137. The highest BCUT2D eigenvalue weighted by Gasteiger charge is 2.30. The molecule has 1 nitrogen and oxygen atoms in total. The van der Waals surface area contributed by atoms with Gasteiger partial charge in [-0.25, -0.2) is 0 Å². The van der Waals surface area contributed by atoms with Gasteiger partial charge in [0.1, 0.15) is 5.75 Å². The van der Waals surface area contributed by atoms with Gasteiger partial charge < -0.3 is 4.74 Å². The van der Waals surface area contributed by atoms with E-state index in [0.29, 0.717) is 10.6 Å². The Hall–Kier alpha value is -1.33. The van der Waals surface area contributed by atoms with Crippen LogP contribution in [0.1, 0.15) is 5.56 Å². The smallest absolute Gasteiger partial charge is 0.416 e. The number of alkyl halides is 3. The zero-order chi connectivity index (χ0) is 14.8. The number of hydrogen-bond donors (Lipinski definition) is 0. The third kappa shape index (κ3) is 3.61. The van der Waals surface area contributed by atoms with Gasteiger partial charge in [-0.3, -0.25) is 0 Å². The van der Waals surface area contributed by atoms with Crippen LogP contribution in [0.25, 0.3) is 0 Å². The lowest BCUT2D eigenvalue weighted by atomic mass is 10.2. The first kappa shape index (κ1) is 15.1. The van der Waals surface area contributed by atoms with Crippen molar-refractivity contribution in [3.8, 4) is 5.75 Å². The van der Waals surface area contributed by atoms with E-state index in [-0.39, 0.29) is 5.02 Å². The summed E-state index contributed by atoms with van der Waals surface area (Å²) in [5.74, 6) is 0.716. The van der Waals surface area contributed by atoms with Gasteiger partial charge in [0.15, 0.2) is 0 Å². The van der Waals surface area contributed by atoms with Gasteiger partial charge in [-0.1, -0.05) is 23.4 Å². The summed E-state index contributed by atoms with van der Waals surface area (Å²) in [5.41, 5.74) is -0.749. The van der Waals surface area contributed by atoms with Gasteiger partial charge in [0.2, 0.25) is 0 Å². The molecular weight excluding hydrogens is 309 g/mol. The zero-order valence-corrected chi connectivity index (χ0v) is 11.9. The second-order valence-electron chi connectivity index (χ2n) is 3.92. The van der Waals surface area contributed by atoms with Crippen molar-refractivity contribution in [1.29, 1.82) is 0 Å². The molecule has 0 fully saturated rings. The van der Waals surface area contributed by atoms with Crippen LogP contribution in [0, 0.1) is 0 Å². The molecule has 2 aromatic carbocycles. The van der Waals surface area contributed by atoms with Gasteiger partial charge in [0.25, 0.3) is 0 Å². The molecule has 0 N–H and O–H groups in total. The van der Waals surface area contributed by atoms with E-state index in [1.54, 1.807) is 19.2 Å². The Morgan fingerprint density at radius 2 is 1.70 bits per heavy atom. The molecule has 6 heteroatoms. The van der Waals surface area contributed by atoms with Gasteiger partial charge in [-0.15, -0.1) is 0 Å². The molecule has 0 spiro atoms. The summed E-state index contributed by atoms with van der Waals surface area (Å²) in [7, 11) is 1.56. The second kappa shape index (κ2) is 5.97. The van der Waals surface area contributed by atoms with Crippen molar-refractivity contribution in [3.05, 3.63) is 53.1 Å². The van der Waals surface area contributed by atoms with Crippen molar-refractivity contribution in [3.63, 3.8) is 0 Å². The average molecular weight is 319 g/mol. The van der Waals surface area contributed by atoms with E-state index in [9.17, 15) is 13.2 Å². The highest BCUT2D eigenvalue weighted by atomic mass is 35.5. The maximum absolute atomic E-state index is 12.5. The van der Waals surface area contributed by atoms with E-state index in [1.807, 2.05) is 12.1 Å². The molecule has 2 rings (SSSR count). The van der Waals surface area contributed by atoms with E-state index in [4.69, 9.17) is 16.3 Å². The summed E-state index contributed by atoms with van der Waals surface area (Å²) < 4.78 is 42.6. The maximum atomic E-state index is 12.5. The number of rotatable bonds is 3. The lowest BCUT2D eigenvalue weighted by Crippen LogP contribution is -2.04. The van der Waals surface area contributed by atoms with E-state index in [2.05, 4.69) is 0 Å². The fourth-order valence-electron chi connectivity index (χ4n) is 1.53. The minimum absolute atomic E-state index is 0.0839. The largest absolute Gasteiger partial charge is 0.497 e. The average Bonchev–Trinajstić information content (AvgIpc) is 2.41. The molecule has 2 aromatic rings. The Morgan fingerprint density at radius 3 is 2.20 bits per heavy atom. The number of hydrogen-bond acceptors (Lipinski definition) is 2. The molecule has 0 saturated heterocycles. The van der Waals surface area contributed by atoms with Gasteiger partial charge in [-0.2, -0.15) is 13.2 Å². The summed E-state index contributed by atoms with van der Waals surface area (Å²) in [4.78, 5) is 1.44. The quantitative estimate of drug-likeness (QED) is 0.737. The topological polar surface area (TPSA) is 9.23 Å². The molecule has 0 aliphatic heterocycles. The minimum atomic E-state index is -4.38. The van der Waals surface area contributed by atoms with Crippen LogP contribution in [0.15, 0.2) is 52.3 Å². The number of benzene rings is 2. The molecule has 0 amide bonds. The van der Waals surface area contributed by atoms with Crippen LogP contribution in [-0.2, 0) is 6.18 Å². The molecule has 106 valence electrons. The van der Waals surface area contributed by atoms with Crippen LogP contribution >= 0.6 is 23.4 Å². The first-order valence-corrected chi connectivity index (χ1v) is 6.78. The van der Waals surface area contributed by atoms with E-state index >= 15 is 0 Å². The molecule has 0 radical (unpaired) electrons. The van der Waals surface area contributed by atoms with Crippen molar-refractivity contribution in [1.82, 2.24) is 0 Å². The first-order chi connectivity index (χ1) is 9.40. The van der Waals surface area contributed by atoms with Crippen molar-refractivity contribution >= 4 is 23.4 Å². The van der Waals surface area contributed by atoms with Crippen molar-refractivity contribution in [2.45, 2.75) is 16.0 Å². The maximum Gasteiger partial charge on any atom is 0.416 e. The Labute approximate surface area is 123 Å². The van der Waals surface area contributed by atoms with Gasteiger partial charge in [0.05, 0.1) is 17.7 Å². The highest BCUT2D eigenvalue weighted by molar-refractivity contribution is 7.99. The molecule has 0 aromatic heterocycles. The van der Waals surface area contributed by atoms with Crippen LogP contribution in [0.5, 0.6) is 5.75 Å². The predicted octanol–water partition coefficient (Wildman–Crippen LogP) is 5.52. The van der Waals surface area contributed by atoms with Crippen LogP contribution in [-0.4, -0.2) is 7.11 Å². The molecular formula is C14H10ClF3OS. The normalized spacial score (nSPS) is 11.4. The van der Waals surface area contributed by atoms with Crippen LogP contribution in [0.2, 0.25) is 5.02 Å². The standard InChI is InChI=1S/C14H10ClF3OS/c1-19-10-3-5-11(6-4-10)20-13-7-2-9(8-12(13)15)14(16,17)18/h2-8H,1H3. The summed E-state index contributed by atoms with van der Waals surface area (Å²) in [5, 5.41) is 0.0839. The third-order valence-electron chi connectivity index (χ3n) is 2.55. The fourth-order valence-corrected chi connectivity index (χ4v) is 2.65. The number of ether oxygens (including phenoxy) is 1. The second-order valence-corrected chi connectivity index (χ2v) is 5.44. The Bertz CT molecular complexity index is 596. The summed E-state index contributed by atoms with van der Waals surface area (Å²) in [6.45, 7) is 0. The molecule has 0 saturated carbocycles. The molecule has 0 aliphatic carbocycles. The number of methoxy groups -OCH3 is 1. The minimum Gasteiger partial charge on any atom is -0.497 e. The van der Waals surface area contributed by atoms with E-state index < -0.39 is 11.7 Å². The summed E-state index contributed by atoms with van der Waals surface area (Å²) >= 11 is 7.20. The van der Waals surface area contributed by atoms with Crippen molar-refractivity contribution < 1.29 is 17.9 Å². The van der Waals surface area contributed by atoms with E-state index in [1.165, 1.54) is 17.8 Å². The predicted molar refractivity (Wildman–Crippen MR) is 73.6 cm³/mol. The van der Waals surface area contributed by atoms with Crippen LogP contribution < -0.4 is 4.74 Å². The highest BCUT2D eigenvalue weighted by Crippen LogP contribution is 2.38. The van der Waals surface area contributed by atoms with Crippen molar-refractivity contribution in [2.75, 3.05) is 7.11 Å². The van der Waals surface area contributed by atoms with Crippen molar-refractivity contribution in [2.24, 2.45) is 0 Å². The summed E-state index contributed by atoms with van der Waals surface area (Å²) in [6, 6.07) is 10.5. The zero-order valence-electron chi connectivity index (χ0n) is 10.4. The monoisotopic (exact) mass is 318 g/mol. The fraction of sp³-hybridized carbons (Fsp3) is 0.143. The molecule has 0 unspecified atom stereocenters. The Kier molecular flexibility index (Phi) is 4.50. The SMILES string of the molecule is COc1ccc(Sc2ccc(C(F)(F)F)cc2Cl)cc1. The molecule has 0 atom stereocenters. The van der Waals surface area contributed by atoms with Gasteiger partial charge in [0, 0.05) is 9.79 Å². The van der Waals surface area contributed by atoms with Gasteiger partial charge >= 0.3 is 6.18 Å². The van der Waals surface area contributed by atoms with Gasteiger partial charge in [-0.05, 0) is 42.5 Å². The first-order valence-electron chi connectivity index (χ1n) is 5.59.